The van der Waals surface area contributed by atoms with Crippen LogP contribution < -0.4 is 5.32 Å². The van der Waals surface area contributed by atoms with Crippen LogP contribution in [0.4, 0.5) is 0 Å². The van der Waals surface area contributed by atoms with Crippen LogP contribution >= 0.6 is 0 Å². The molecule has 0 radical (unpaired) electrons. The number of hydrogen-bond donors (Lipinski definition) is 1. The molecule has 2 heteroatoms. The van der Waals surface area contributed by atoms with Crippen molar-refractivity contribution in [1.29, 1.82) is 0 Å². The van der Waals surface area contributed by atoms with Crippen LogP contribution in [-0.4, -0.2) is 5.91 Å². The Hall–Kier alpha value is -2.87. The smallest absolute Gasteiger partial charge is 0.232 e. The zero-order chi connectivity index (χ0) is 15.6. The third-order valence-electron chi connectivity index (χ3n) is 4.43. The number of rotatable bonds is 2. The first kappa shape index (κ1) is 13.8. The maximum Gasteiger partial charge on any atom is 0.232 e. The Labute approximate surface area is 135 Å². The molecule has 23 heavy (non-hydrogen) atoms. The van der Waals surface area contributed by atoms with Crippen LogP contribution in [-0.2, 0) is 4.79 Å². The molecule has 1 amide bonds. The third kappa shape index (κ3) is 2.42. The van der Waals surface area contributed by atoms with E-state index in [0.717, 1.165) is 16.7 Å². The van der Waals surface area contributed by atoms with Gasteiger partial charge in [-0.2, -0.15) is 0 Å². The first-order chi connectivity index (χ1) is 11.3. The molecule has 2 atom stereocenters. The summed E-state index contributed by atoms with van der Waals surface area (Å²) >= 11 is 0. The highest BCUT2D eigenvalue weighted by molar-refractivity contribution is 5.90. The fraction of sp³-hybridized carbons (Fsp3) is 0.0952. The van der Waals surface area contributed by atoms with Gasteiger partial charge in [-0.15, -0.1) is 0 Å². The van der Waals surface area contributed by atoms with E-state index in [0.29, 0.717) is 0 Å². The molecular weight excluding hydrogens is 282 g/mol. The van der Waals surface area contributed by atoms with Crippen molar-refractivity contribution in [2.45, 2.75) is 12.0 Å². The molecule has 0 aliphatic carbocycles. The molecule has 0 spiro atoms. The van der Waals surface area contributed by atoms with E-state index in [1.54, 1.807) is 0 Å². The van der Waals surface area contributed by atoms with Crippen molar-refractivity contribution in [3.63, 3.8) is 0 Å². The SMILES string of the molecule is O=C1NC(c2ccccc2)c2ccccc2C1c1ccccc1. The second-order valence-corrected chi connectivity index (χ2v) is 5.82. The summed E-state index contributed by atoms with van der Waals surface area (Å²) in [7, 11) is 0. The lowest BCUT2D eigenvalue weighted by molar-refractivity contribution is -0.122. The van der Waals surface area contributed by atoms with E-state index in [4.69, 9.17) is 0 Å². The molecular formula is C21H17NO. The number of nitrogens with one attached hydrogen (secondary N) is 1. The maximum atomic E-state index is 12.8. The van der Waals surface area contributed by atoms with E-state index in [9.17, 15) is 4.79 Å². The van der Waals surface area contributed by atoms with Gasteiger partial charge in [-0.3, -0.25) is 4.79 Å². The minimum absolute atomic E-state index is 0.0590. The Bertz CT molecular complexity index is 827. The zero-order valence-electron chi connectivity index (χ0n) is 12.6. The Kier molecular flexibility index (Phi) is 3.43. The largest absolute Gasteiger partial charge is 0.344 e. The number of amides is 1. The fourth-order valence-electron chi connectivity index (χ4n) is 3.37. The van der Waals surface area contributed by atoms with E-state index in [-0.39, 0.29) is 17.9 Å². The van der Waals surface area contributed by atoms with Gasteiger partial charge in [0, 0.05) is 0 Å². The summed E-state index contributed by atoms with van der Waals surface area (Å²) < 4.78 is 0. The Morgan fingerprint density at radius 2 is 1.13 bits per heavy atom. The van der Waals surface area contributed by atoms with Gasteiger partial charge < -0.3 is 5.32 Å². The minimum atomic E-state index is -0.243. The molecule has 2 nitrogen and oxygen atoms in total. The molecule has 0 bridgehead atoms. The van der Waals surface area contributed by atoms with Gasteiger partial charge in [0.25, 0.3) is 0 Å². The Morgan fingerprint density at radius 1 is 0.609 bits per heavy atom. The molecule has 0 fully saturated rings. The van der Waals surface area contributed by atoms with Crippen molar-refractivity contribution in [1.82, 2.24) is 5.32 Å². The fourth-order valence-corrected chi connectivity index (χ4v) is 3.37. The maximum absolute atomic E-state index is 12.8. The molecule has 4 rings (SSSR count). The molecule has 0 saturated carbocycles. The molecule has 2 unspecified atom stereocenters. The Morgan fingerprint density at radius 3 is 1.78 bits per heavy atom. The second-order valence-electron chi connectivity index (χ2n) is 5.82. The summed E-state index contributed by atoms with van der Waals surface area (Å²) in [6, 6.07) is 28.2. The number of fused-ring (bicyclic) bond motifs is 1. The number of hydrogen-bond acceptors (Lipinski definition) is 1. The lowest BCUT2D eigenvalue weighted by Gasteiger charge is -2.32. The van der Waals surface area contributed by atoms with Crippen molar-refractivity contribution in [3.05, 3.63) is 107 Å². The number of benzene rings is 3. The molecule has 1 aliphatic rings. The average molecular weight is 299 g/mol. The van der Waals surface area contributed by atoms with Gasteiger partial charge in [0.05, 0.1) is 12.0 Å². The monoisotopic (exact) mass is 299 g/mol. The molecule has 3 aromatic carbocycles. The van der Waals surface area contributed by atoms with Gasteiger partial charge in [0.15, 0.2) is 0 Å². The lowest BCUT2D eigenvalue weighted by atomic mass is 9.80. The van der Waals surface area contributed by atoms with Crippen molar-refractivity contribution in [3.8, 4) is 0 Å². The standard InChI is InChI=1S/C21H17NO/c23-21-19(15-9-3-1-4-10-15)17-13-7-8-14-18(17)20(22-21)16-11-5-2-6-12-16/h1-14,19-20H,(H,22,23). The summed E-state index contributed by atoms with van der Waals surface area (Å²) in [6.07, 6.45) is 0. The van der Waals surface area contributed by atoms with Crippen LogP contribution in [0.5, 0.6) is 0 Å². The summed E-state index contributed by atoms with van der Waals surface area (Å²) in [5, 5.41) is 3.20. The van der Waals surface area contributed by atoms with Crippen LogP contribution in [0.2, 0.25) is 0 Å². The van der Waals surface area contributed by atoms with Crippen molar-refractivity contribution < 1.29 is 4.79 Å². The Balaban J connectivity index is 1.85. The van der Waals surface area contributed by atoms with Crippen LogP contribution in [0.25, 0.3) is 0 Å². The summed E-state index contributed by atoms with van der Waals surface area (Å²) in [4.78, 5) is 12.8. The van der Waals surface area contributed by atoms with Crippen LogP contribution in [0.1, 0.15) is 34.2 Å². The second kappa shape index (κ2) is 5.73. The van der Waals surface area contributed by atoms with Crippen molar-refractivity contribution in [2.24, 2.45) is 0 Å². The highest BCUT2D eigenvalue weighted by atomic mass is 16.2. The first-order valence-corrected chi connectivity index (χ1v) is 7.83. The van der Waals surface area contributed by atoms with Crippen molar-refractivity contribution >= 4 is 5.91 Å². The summed E-state index contributed by atoms with van der Waals surface area (Å²) in [6.45, 7) is 0. The lowest BCUT2D eigenvalue weighted by Crippen LogP contribution is -2.39. The summed E-state index contributed by atoms with van der Waals surface area (Å²) in [5.41, 5.74) is 4.41. The van der Waals surface area contributed by atoms with Gasteiger partial charge in [0.1, 0.15) is 0 Å². The predicted octanol–water partition coefficient (Wildman–Crippen LogP) is 4.04. The molecule has 1 N–H and O–H groups in total. The normalized spacial score (nSPS) is 19.7. The molecule has 0 saturated heterocycles. The molecule has 1 aliphatic heterocycles. The first-order valence-electron chi connectivity index (χ1n) is 7.83. The molecule has 112 valence electrons. The van der Waals surface area contributed by atoms with E-state index in [1.165, 1.54) is 5.56 Å². The third-order valence-corrected chi connectivity index (χ3v) is 4.43. The van der Waals surface area contributed by atoms with Gasteiger partial charge in [-0.25, -0.2) is 0 Å². The summed E-state index contributed by atoms with van der Waals surface area (Å²) in [5.74, 6) is -0.184. The van der Waals surface area contributed by atoms with E-state index in [1.807, 2.05) is 60.7 Å². The van der Waals surface area contributed by atoms with Gasteiger partial charge in [-0.05, 0) is 22.3 Å². The number of carbonyl (C=O) groups is 1. The van der Waals surface area contributed by atoms with Crippen molar-refractivity contribution in [2.75, 3.05) is 0 Å². The van der Waals surface area contributed by atoms with Gasteiger partial charge in [-0.1, -0.05) is 84.9 Å². The highest BCUT2D eigenvalue weighted by Gasteiger charge is 2.34. The predicted molar refractivity (Wildman–Crippen MR) is 91.2 cm³/mol. The average Bonchev–Trinajstić information content (AvgIpc) is 2.62. The van der Waals surface area contributed by atoms with Gasteiger partial charge in [0.2, 0.25) is 5.91 Å². The quantitative estimate of drug-likeness (QED) is 0.760. The van der Waals surface area contributed by atoms with Crippen LogP contribution in [0.3, 0.4) is 0 Å². The van der Waals surface area contributed by atoms with E-state index in [2.05, 4.69) is 29.6 Å². The highest BCUT2D eigenvalue weighted by Crippen LogP contribution is 2.37. The molecule has 3 aromatic rings. The topological polar surface area (TPSA) is 29.1 Å². The van der Waals surface area contributed by atoms with E-state index >= 15 is 0 Å². The van der Waals surface area contributed by atoms with Crippen LogP contribution in [0.15, 0.2) is 84.9 Å². The zero-order valence-corrected chi connectivity index (χ0v) is 12.6. The van der Waals surface area contributed by atoms with Gasteiger partial charge >= 0.3 is 0 Å². The van der Waals surface area contributed by atoms with Crippen LogP contribution in [0, 0.1) is 0 Å². The molecule has 0 aromatic heterocycles. The van der Waals surface area contributed by atoms with E-state index < -0.39 is 0 Å². The molecule has 1 heterocycles. The number of carbonyl (C=O) groups excluding carboxylic acids is 1. The minimum Gasteiger partial charge on any atom is -0.344 e.